The zero-order chi connectivity index (χ0) is 8.97. The fourth-order valence-electron chi connectivity index (χ4n) is 0.779. The number of H-pyrrole nitrogens is 1. The number of rotatable bonds is 3. The van der Waals surface area contributed by atoms with Gasteiger partial charge in [-0.25, -0.2) is 9.78 Å². The van der Waals surface area contributed by atoms with Crippen LogP contribution in [-0.4, -0.2) is 22.5 Å². The summed E-state index contributed by atoms with van der Waals surface area (Å²) in [7, 11) is 0. The molecule has 0 unspecified atom stereocenters. The highest BCUT2D eigenvalue weighted by atomic mass is 16.5. The van der Waals surface area contributed by atoms with Gasteiger partial charge in [0.25, 0.3) is 0 Å². The van der Waals surface area contributed by atoms with Crippen molar-refractivity contribution in [3.8, 4) is 0 Å². The van der Waals surface area contributed by atoms with Gasteiger partial charge in [-0.2, -0.15) is 0 Å². The van der Waals surface area contributed by atoms with Crippen molar-refractivity contribution in [1.29, 1.82) is 0 Å². The third kappa shape index (κ3) is 1.82. The van der Waals surface area contributed by atoms with Crippen LogP contribution in [-0.2, 0) is 11.3 Å². The molecule has 0 saturated heterocycles. The zero-order valence-corrected chi connectivity index (χ0v) is 6.83. The van der Waals surface area contributed by atoms with Crippen molar-refractivity contribution in [3.63, 3.8) is 0 Å². The summed E-state index contributed by atoms with van der Waals surface area (Å²) >= 11 is 0. The van der Waals surface area contributed by atoms with Crippen LogP contribution in [0.25, 0.3) is 0 Å². The van der Waals surface area contributed by atoms with Crippen molar-refractivity contribution in [1.82, 2.24) is 9.97 Å². The molecule has 66 valence electrons. The van der Waals surface area contributed by atoms with Crippen LogP contribution < -0.4 is 5.73 Å². The topological polar surface area (TPSA) is 81.0 Å². The zero-order valence-electron chi connectivity index (χ0n) is 6.83. The lowest BCUT2D eigenvalue weighted by Gasteiger charge is -1.96. The molecular formula is C7H11N3O2. The normalized spacial score (nSPS) is 9.83. The second-order valence-corrected chi connectivity index (χ2v) is 2.17. The predicted molar refractivity (Wildman–Crippen MR) is 42.4 cm³/mol. The van der Waals surface area contributed by atoms with Crippen LogP contribution in [0.3, 0.4) is 0 Å². The fourth-order valence-corrected chi connectivity index (χ4v) is 0.779. The van der Waals surface area contributed by atoms with Gasteiger partial charge in [0.2, 0.25) is 0 Å². The van der Waals surface area contributed by atoms with E-state index in [-0.39, 0.29) is 0 Å². The van der Waals surface area contributed by atoms with Gasteiger partial charge >= 0.3 is 5.97 Å². The quantitative estimate of drug-likeness (QED) is 0.626. The molecule has 0 spiro atoms. The maximum atomic E-state index is 11.0. The Morgan fingerprint density at radius 1 is 1.83 bits per heavy atom. The lowest BCUT2D eigenvalue weighted by molar-refractivity contribution is 0.0520. The highest BCUT2D eigenvalue weighted by Crippen LogP contribution is 1.98. The standard InChI is InChI=1S/C7H11N3O2/c1-2-12-7(11)5-4-9-6(3-8)10-5/h4H,2-3,8H2,1H3,(H,9,10). The van der Waals surface area contributed by atoms with Crippen LogP contribution in [0.15, 0.2) is 6.20 Å². The SMILES string of the molecule is CCOC(=O)c1cnc(CN)[nH]1. The molecule has 0 amide bonds. The lowest BCUT2D eigenvalue weighted by Crippen LogP contribution is -2.05. The third-order valence-electron chi connectivity index (χ3n) is 1.32. The van der Waals surface area contributed by atoms with Crippen molar-refractivity contribution in [2.24, 2.45) is 5.73 Å². The number of carbonyl (C=O) groups excluding carboxylic acids is 1. The molecule has 12 heavy (non-hydrogen) atoms. The van der Waals surface area contributed by atoms with Gasteiger partial charge in [-0.3, -0.25) is 0 Å². The van der Waals surface area contributed by atoms with Gasteiger partial charge in [-0.15, -0.1) is 0 Å². The summed E-state index contributed by atoms with van der Waals surface area (Å²) in [6, 6.07) is 0. The van der Waals surface area contributed by atoms with Crippen LogP contribution in [0.1, 0.15) is 23.2 Å². The van der Waals surface area contributed by atoms with Crippen molar-refractivity contribution >= 4 is 5.97 Å². The van der Waals surface area contributed by atoms with Crippen molar-refractivity contribution in [3.05, 3.63) is 17.7 Å². The molecule has 1 rings (SSSR count). The van der Waals surface area contributed by atoms with E-state index in [9.17, 15) is 4.79 Å². The summed E-state index contributed by atoms with van der Waals surface area (Å²) < 4.78 is 4.73. The number of aromatic nitrogens is 2. The first-order valence-electron chi connectivity index (χ1n) is 3.69. The van der Waals surface area contributed by atoms with E-state index in [0.29, 0.717) is 24.7 Å². The number of aromatic amines is 1. The summed E-state index contributed by atoms with van der Waals surface area (Å²) in [6.45, 7) is 2.40. The molecule has 0 bridgehead atoms. The van der Waals surface area contributed by atoms with Gasteiger partial charge < -0.3 is 15.5 Å². The molecule has 0 aliphatic heterocycles. The number of hydrogen-bond donors (Lipinski definition) is 2. The van der Waals surface area contributed by atoms with E-state index in [2.05, 4.69) is 9.97 Å². The van der Waals surface area contributed by atoms with Gasteiger partial charge in [0, 0.05) is 0 Å². The Labute approximate surface area is 69.9 Å². The smallest absolute Gasteiger partial charge is 0.356 e. The summed E-state index contributed by atoms with van der Waals surface area (Å²) in [5.41, 5.74) is 5.64. The van der Waals surface area contributed by atoms with E-state index in [0.717, 1.165) is 0 Å². The largest absolute Gasteiger partial charge is 0.461 e. The lowest BCUT2D eigenvalue weighted by atomic mass is 10.5. The number of esters is 1. The molecule has 3 N–H and O–H groups in total. The molecule has 0 radical (unpaired) electrons. The molecule has 0 aliphatic rings. The minimum absolute atomic E-state index is 0.291. The first kappa shape index (κ1) is 8.73. The van der Waals surface area contributed by atoms with Crippen molar-refractivity contribution in [2.45, 2.75) is 13.5 Å². The molecular weight excluding hydrogens is 158 g/mol. The Bertz CT molecular complexity index is 269. The monoisotopic (exact) mass is 169 g/mol. The predicted octanol–water partition coefficient (Wildman–Crippen LogP) is 0.0451. The Morgan fingerprint density at radius 3 is 3.08 bits per heavy atom. The average molecular weight is 169 g/mol. The number of imidazole rings is 1. The first-order valence-corrected chi connectivity index (χ1v) is 3.69. The van der Waals surface area contributed by atoms with E-state index >= 15 is 0 Å². The second kappa shape index (κ2) is 3.87. The van der Waals surface area contributed by atoms with Gasteiger partial charge in [0.05, 0.1) is 19.3 Å². The summed E-state index contributed by atoms with van der Waals surface area (Å²) in [5.74, 6) is 0.183. The maximum absolute atomic E-state index is 11.0. The van der Waals surface area contributed by atoms with Crippen LogP contribution >= 0.6 is 0 Å². The Balaban J connectivity index is 2.68. The van der Waals surface area contributed by atoms with Crippen molar-refractivity contribution < 1.29 is 9.53 Å². The fraction of sp³-hybridized carbons (Fsp3) is 0.429. The Hall–Kier alpha value is -1.36. The number of carbonyl (C=O) groups is 1. The van der Waals surface area contributed by atoms with Crippen LogP contribution in [0.2, 0.25) is 0 Å². The van der Waals surface area contributed by atoms with Crippen LogP contribution in [0.4, 0.5) is 0 Å². The van der Waals surface area contributed by atoms with E-state index < -0.39 is 5.97 Å². The summed E-state index contributed by atoms with van der Waals surface area (Å²) in [5, 5.41) is 0. The molecule has 1 aromatic heterocycles. The average Bonchev–Trinajstić information content (AvgIpc) is 2.52. The van der Waals surface area contributed by atoms with Gasteiger partial charge in [0.1, 0.15) is 11.5 Å². The van der Waals surface area contributed by atoms with E-state index in [1.165, 1.54) is 6.20 Å². The summed E-state index contributed by atoms with van der Waals surface area (Å²) in [6.07, 6.45) is 1.42. The Kier molecular flexibility index (Phi) is 2.82. The molecule has 0 fully saturated rings. The molecule has 1 heterocycles. The number of hydrogen-bond acceptors (Lipinski definition) is 4. The van der Waals surface area contributed by atoms with E-state index in [4.69, 9.17) is 10.5 Å². The highest BCUT2D eigenvalue weighted by Gasteiger charge is 2.08. The molecule has 0 atom stereocenters. The number of nitrogens with two attached hydrogens (primary N) is 1. The van der Waals surface area contributed by atoms with E-state index in [1.807, 2.05) is 0 Å². The first-order chi connectivity index (χ1) is 5.77. The minimum Gasteiger partial charge on any atom is -0.461 e. The van der Waals surface area contributed by atoms with Crippen LogP contribution in [0.5, 0.6) is 0 Å². The van der Waals surface area contributed by atoms with Gasteiger partial charge in [-0.1, -0.05) is 0 Å². The molecule has 0 aliphatic carbocycles. The highest BCUT2D eigenvalue weighted by molar-refractivity contribution is 5.86. The molecule has 5 nitrogen and oxygen atoms in total. The van der Waals surface area contributed by atoms with Gasteiger partial charge in [-0.05, 0) is 6.92 Å². The minimum atomic E-state index is -0.398. The molecule has 0 aromatic carbocycles. The Morgan fingerprint density at radius 2 is 2.58 bits per heavy atom. The van der Waals surface area contributed by atoms with Crippen molar-refractivity contribution in [2.75, 3.05) is 6.61 Å². The van der Waals surface area contributed by atoms with Gasteiger partial charge in [0.15, 0.2) is 0 Å². The maximum Gasteiger partial charge on any atom is 0.356 e. The van der Waals surface area contributed by atoms with Crippen LogP contribution in [0, 0.1) is 0 Å². The second-order valence-electron chi connectivity index (χ2n) is 2.17. The number of nitrogens with one attached hydrogen (secondary N) is 1. The number of nitrogens with zero attached hydrogens (tertiary/aromatic N) is 1. The third-order valence-corrected chi connectivity index (χ3v) is 1.32. The molecule has 0 saturated carbocycles. The molecule has 5 heteroatoms. The summed E-state index contributed by atoms with van der Waals surface area (Å²) in [4.78, 5) is 17.6. The number of ether oxygens (including phenoxy) is 1. The molecule has 1 aromatic rings. The van der Waals surface area contributed by atoms with E-state index in [1.54, 1.807) is 6.92 Å².